The monoisotopic (exact) mass is 264 g/mol. The molecule has 2 atom stereocenters. The average Bonchev–Trinajstić information content (AvgIpc) is 2.46. The van der Waals surface area contributed by atoms with Gasteiger partial charge in [-0.1, -0.05) is 0 Å². The van der Waals surface area contributed by atoms with E-state index in [9.17, 15) is 8.42 Å². The van der Waals surface area contributed by atoms with Crippen molar-refractivity contribution in [2.24, 2.45) is 5.14 Å². The third-order valence-corrected chi connectivity index (χ3v) is 4.90. The summed E-state index contributed by atoms with van der Waals surface area (Å²) in [7, 11) is -2.17. The normalized spacial score (nSPS) is 16.1. The van der Waals surface area contributed by atoms with Gasteiger partial charge < -0.3 is 4.74 Å². The van der Waals surface area contributed by atoms with Crippen molar-refractivity contribution in [3.63, 3.8) is 0 Å². The number of rotatable bonds is 4. The van der Waals surface area contributed by atoms with E-state index in [1.807, 2.05) is 13.8 Å². The minimum atomic E-state index is -3.62. The van der Waals surface area contributed by atoms with Crippen LogP contribution in [0.15, 0.2) is 0 Å². The van der Waals surface area contributed by atoms with Gasteiger partial charge in [-0.2, -0.15) is 0 Å². The molecule has 0 amide bonds. The lowest BCUT2D eigenvalue weighted by Gasteiger charge is -2.18. The molecular formula is C9H16N2O3S2. The Morgan fingerprint density at radius 2 is 2.00 bits per heavy atom. The Morgan fingerprint density at radius 3 is 2.31 bits per heavy atom. The molecule has 2 unspecified atom stereocenters. The molecule has 5 nitrogen and oxygen atoms in total. The quantitative estimate of drug-likeness (QED) is 0.883. The summed E-state index contributed by atoms with van der Waals surface area (Å²) in [6, 6.07) is 0. The van der Waals surface area contributed by atoms with E-state index in [1.165, 1.54) is 25.4 Å². The van der Waals surface area contributed by atoms with Crippen LogP contribution < -0.4 is 5.14 Å². The zero-order valence-electron chi connectivity index (χ0n) is 9.72. The first-order valence-electron chi connectivity index (χ1n) is 4.75. The Labute approximate surface area is 99.7 Å². The van der Waals surface area contributed by atoms with Gasteiger partial charge in [-0.15, -0.1) is 11.3 Å². The topological polar surface area (TPSA) is 82.3 Å². The van der Waals surface area contributed by atoms with Crippen molar-refractivity contribution in [3.8, 4) is 0 Å². The Kier molecular flexibility index (Phi) is 4.06. The maximum atomic E-state index is 11.3. The third kappa shape index (κ3) is 2.79. The van der Waals surface area contributed by atoms with Gasteiger partial charge in [0, 0.05) is 12.0 Å². The third-order valence-electron chi connectivity index (χ3n) is 2.49. The molecule has 0 bridgehead atoms. The summed E-state index contributed by atoms with van der Waals surface area (Å²) < 4.78 is 27.7. The molecule has 0 aromatic carbocycles. The van der Waals surface area contributed by atoms with E-state index in [2.05, 4.69) is 4.98 Å². The van der Waals surface area contributed by atoms with Crippen LogP contribution in [-0.4, -0.2) is 25.8 Å². The van der Waals surface area contributed by atoms with Gasteiger partial charge in [0.15, 0.2) is 0 Å². The zero-order chi connectivity index (χ0) is 12.5. The molecule has 0 radical (unpaired) electrons. The van der Waals surface area contributed by atoms with Crippen molar-refractivity contribution < 1.29 is 13.2 Å². The Morgan fingerprint density at radius 1 is 1.44 bits per heavy atom. The van der Waals surface area contributed by atoms with Gasteiger partial charge in [-0.3, -0.25) is 0 Å². The summed E-state index contributed by atoms with van der Waals surface area (Å²) in [6.45, 7) is 5.34. The van der Waals surface area contributed by atoms with Gasteiger partial charge in [0.05, 0.1) is 5.69 Å². The minimum Gasteiger partial charge on any atom is -0.373 e. The maximum Gasteiger partial charge on any atom is 0.214 e. The second-order valence-corrected chi connectivity index (χ2v) is 6.80. The maximum absolute atomic E-state index is 11.3. The van der Waals surface area contributed by atoms with E-state index < -0.39 is 21.4 Å². The number of nitrogens with zero attached hydrogens (tertiary/aromatic N) is 1. The molecule has 0 spiro atoms. The number of ether oxygens (including phenoxy) is 1. The SMILES string of the molecule is COC(c1nc(C)c(C)s1)C(C)S(N)(=O)=O. The molecule has 92 valence electrons. The summed E-state index contributed by atoms with van der Waals surface area (Å²) in [4.78, 5) is 5.34. The van der Waals surface area contributed by atoms with Crippen molar-refractivity contribution >= 4 is 21.4 Å². The van der Waals surface area contributed by atoms with E-state index in [0.717, 1.165) is 10.6 Å². The van der Waals surface area contributed by atoms with Gasteiger partial charge in [-0.25, -0.2) is 18.5 Å². The van der Waals surface area contributed by atoms with Crippen molar-refractivity contribution in [1.29, 1.82) is 0 Å². The van der Waals surface area contributed by atoms with E-state index in [1.54, 1.807) is 0 Å². The molecular weight excluding hydrogens is 248 g/mol. The first kappa shape index (κ1) is 13.6. The van der Waals surface area contributed by atoms with Gasteiger partial charge in [0.25, 0.3) is 0 Å². The molecule has 2 N–H and O–H groups in total. The number of aryl methyl sites for hydroxylation is 2. The number of sulfonamides is 1. The average molecular weight is 264 g/mol. The number of hydrogen-bond donors (Lipinski definition) is 1. The van der Waals surface area contributed by atoms with Gasteiger partial charge in [0.1, 0.15) is 16.4 Å². The Bertz CT molecular complexity index is 448. The van der Waals surface area contributed by atoms with Crippen molar-refractivity contribution in [2.75, 3.05) is 7.11 Å². The second-order valence-electron chi connectivity index (χ2n) is 3.64. The molecule has 16 heavy (non-hydrogen) atoms. The molecule has 0 fully saturated rings. The lowest BCUT2D eigenvalue weighted by Crippen LogP contribution is -2.32. The van der Waals surface area contributed by atoms with Crippen LogP contribution in [-0.2, 0) is 14.8 Å². The first-order chi connectivity index (χ1) is 7.27. The fourth-order valence-corrected chi connectivity index (χ4v) is 3.06. The van der Waals surface area contributed by atoms with E-state index >= 15 is 0 Å². The molecule has 0 aliphatic rings. The number of nitrogens with two attached hydrogens (primary N) is 1. The van der Waals surface area contributed by atoms with E-state index in [4.69, 9.17) is 9.88 Å². The molecule has 0 saturated carbocycles. The molecule has 0 saturated heterocycles. The molecule has 0 aliphatic carbocycles. The lowest BCUT2D eigenvalue weighted by atomic mass is 10.3. The molecule has 1 aromatic rings. The zero-order valence-corrected chi connectivity index (χ0v) is 11.4. The van der Waals surface area contributed by atoms with E-state index in [0.29, 0.717) is 5.01 Å². The fourth-order valence-electron chi connectivity index (χ4n) is 1.28. The largest absolute Gasteiger partial charge is 0.373 e. The molecule has 7 heteroatoms. The van der Waals surface area contributed by atoms with Crippen LogP contribution in [0.3, 0.4) is 0 Å². The molecule has 1 heterocycles. The number of hydrogen-bond acceptors (Lipinski definition) is 5. The highest BCUT2D eigenvalue weighted by Gasteiger charge is 2.30. The van der Waals surface area contributed by atoms with Gasteiger partial charge in [0.2, 0.25) is 10.0 Å². The highest BCUT2D eigenvalue weighted by molar-refractivity contribution is 7.89. The van der Waals surface area contributed by atoms with Crippen LogP contribution in [0.25, 0.3) is 0 Å². The number of thiazole rings is 1. The second kappa shape index (κ2) is 4.79. The highest BCUT2D eigenvalue weighted by Crippen LogP contribution is 2.29. The molecule has 1 rings (SSSR count). The minimum absolute atomic E-state index is 0.604. The summed E-state index contributed by atoms with van der Waals surface area (Å²) in [5, 5.41) is 4.96. The van der Waals surface area contributed by atoms with Crippen molar-refractivity contribution in [3.05, 3.63) is 15.6 Å². The number of aromatic nitrogens is 1. The predicted octanol–water partition coefficient (Wildman–Crippen LogP) is 1.12. The summed E-state index contributed by atoms with van der Waals surface area (Å²) in [5.41, 5.74) is 0.892. The first-order valence-corrected chi connectivity index (χ1v) is 7.18. The van der Waals surface area contributed by atoms with Crippen LogP contribution >= 0.6 is 11.3 Å². The standard InChI is InChI=1S/C9H16N2O3S2/c1-5-6(2)15-9(11-5)8(14-4)7(3)16(10,12)13/h7-8H,1-4H3,(H2,10,12,13). The van der Waals surface area contributed by atoms with Crippen molar-refractivity contribution in [2.45, 2.75) is 32.1 Å². The summed E-state index contributed by atoms with van der Waals surface area (Å²) in [5.74, 6) is 0. The molecule has 1 aromatic heterocycles. The van der Waals surface area contributed by atoms with Crippen LogP contribution in [0.4, 0.5) is 0 Å². The fraction of sp³-hybridized carbons (Fsp3) is 0.667. The van der Waals surface area contributed by atoms with Crippen LogP contribution in [0.2, 0.25) is 0 Å². The van der Waals surface area contributed by atoms with Crippen LogP contribution in [0.5, 0.6) is 0 Å². The highest BCUT2D eigenvalue weighted by atomic mass is 32.2. The smallest absolute Gasteiger partial charge is 0.214 e. The van der Waals surface area contributed by atoms with Crippen LogP contribution in [0.1, 0.15) is 28.6 Å². The summed E-state index contributed by atoms with van der Waals surface area (Å²) in [6.07, 6.45) is -0.604. The molecule has 0 aliphatic heterocycles. The van der Waals surface area contributed by atoms with E-state index in [-0.39, 0.29) is 0 Å². The number of methoxy groups -OCH3 is 1. The summed E-state index contributed by atoms with van der Waals surface area (Å²) >= 11 is 1.44. The predicted molar refractivity (Wildman–Crippen MR) is 63.9 cm³/mol. The number of primary sulfonamides is 1. The lowest BCUT2D eigenvalue weighted by molar-refractivity contribution is 0.102. The van der Waals surface area contributed by atoms with Crippen LogP contribution in [0, 0.1) is 13.8 Å². The Hall–Kier alpha value is -0.500. The van der Waals surface area contributed by atoms with Gasteiger partial charge >= 0.3 is 0 Å². The van der Waals surface area contributed by atoms with Crippen molar-refractivity contribution in [1.82, 2.24) is 4.98 Å². The van der Waals surface area contributed by atoms with Gasteiger partial charge in [-0.05, 0) is 20.8 Å². The Balaban J connectivity index is 3.08.